The molecule has 0 aliphatic heterocycles. The van der Waals surface area contributed by atoms with Gasteiger partial charge in [-0.1, -0.05) is 28.9 Å². The van der Waals surface area contributed by atoms with Crippen LogP contribution in [0.25, 0.3) is 0 Å². The topological polar surface area (TPSA) is 76.4 Å². The number of carbonyl (C=O) groups excluding carboxylic acids is 1. The summed E-state index contributed by atoms with van der Waals surface area (Å²) in [7, 11) is 0. The molecule has 0 aliphatic rings. The fourth-order valence-corrected chi connectivity index (χ4v) is 2.03. The maximum atomic E-state index is 11.9. The highest BCUT2D eigenvalue weighted by Gasteiger charge is 2.13. The average Bonchev–Trinajstić information content (AvgIpc) is 2.79. The van der Waals surface area contributed by atoms with Crippen LogP contribution in [-0.2, 0) is 0 Å². The number of rotatable bonds is 5. The van der Waals surface area contributed by atoms with E-state index in [0.29, 0.717) is 34.5 Å². The first-order valence-corrected chi connectivity index (χ1v) is 7.24. The first kappa shape index (κ1) is 16.2. The normalized spacial score (nSPS) is 11.8. The number of benzene rings is 1. The van der Waals surface area contributed by atoms with Crippen molar-refractivity contribution < 1.29 is 14.1 Å². The van der Waals surface area contributed by atoms with E-state index in [1.807, 2.05) is 19.1 Å². The molecular formula is C15H18ClN3O3. The number of aromatic nitrogens is 1. The van der Waals surface area contributed by atoms with E-state index in [2.05, 4.69) is 15.8 Å². The lowest BCUT2D eigenvalue weighted by molar-refractivity contribution is 0.212. The summed E-state index contributed by atoms with van der Waals surface area (Å²) >= 11 is 6.02. The fourth-order valence-electron chi connectivity index (χ4n) is 1.85. The third-order valence-corrected chi connectivity index (χ3v) is 3.30. The van der Waals surface area contributed by atoms with E-state index in [1.165, 1.54) is 0 Å². The molecule has 7 heteroatoms. The standard InChI is InChI=1S/C15H18ClN3O3/c1-9(21-13-7-5-4-6-12(13)16)8-17-15(20)18-14-10(2)19-22-11(14)3/h4-7,9H,8H2,1-3H3,(H2,17,18,20)/t9-/m1/s1. The second-order valence-electron chi connectivity index (χ2n) is 4.89. The van der Waals surface area contributed by atoms with E-state index in [0.717, 1.165) is 0 Å². The Morgan fingerprint density at radius 3 is 2.77 bits per heavy atom. The lowest BCUT2D eigenvalue weighted by Gasteiger charge is -2.16. The minimum absolute atomic E-state index is 0.227. The number of nitrogens with one attached hydrogen (secondary N) is 2. The molecule has 118 valence electrons. The van der Waals surface area contributed by atoms with E-state index in [9.17, 15) is 4.79 Å². The molecule has 6 nitrogen and oxygen atoms in total. The molecule has 0 unspecified atom stereocenters. The first-order valence-electron chi connectivity index (χ1n) is 6.86. The number of amides is 2. The first-order chi connectivity index (χ1) is 10.5. The van der Waals surface area contributed by atoms with Gasteiger partial charge in [-0.3, -0.25) is 0 Å². The smallest absolute Gasteiger partial charge is 0.319 e. The molecule has 2 N–H and O–H groups in total. The van der Waals surface area contributed by atoms with Crippen molar-refractivity contribution in [1.29, 1.82) is 0 Å². The van der Waals surface area contributed by atoms with Gasteiger partial charge in [0.1, 0.15) is 23.2 Å². The molecule has 2 amide bonds. The van der Waals surface area contributed by atoms with Crippen molar-refractivity contribution >= 4 is 23.3 Å². The largest absolute Gasteiger partial charge is 0.487 e. The second kappa shape index (κ2) is 7.17. The van der Waals surface area contributed by atoms with Crippen molar-refractivity contribution in [3.63, 3.8) is 0 Å². The van der Waals surface area contributed by atoms with Gasteiger partial charge in [0.25, 0.3) is 0 Å². The number of halogens is 1. The summed E-state index contributed by atoms with van der Waals surface area (Å²) in [5.74, 6) is 1.15. The van der Waals surface area contributed by atoms with Gasteiger partial charge >= 0.3 is 6.03 Å². The number of hydrogen-bond acceptors (Lipinski definition) is 4. The zero-order valence-corrected chi connectivity index (χ0v) is 13.4. The number of carbonyl (C=O) groups is 1. The van der Waals surface area contributed by atoms with Gasteiger partial charge in [0.05, 0.1) is 11.6 Å². The maximum absolute atomic E-state index is 11.9. The SMILES string of the molecule is Cc1noc(C)c1NC(=O)NC[C@@H](C)Oc1ccccc1Cl. The zero-order valence-electron chi connectivity index (χ0n) is 12.6. The van der Waals surface area contributed by atoms with Crippen molar-refractivity contribution in [3.05, 3.63) is 40.7 Å². The van der Waals surface area contributed by atoms with Crippen molar-refractivity contribution in [3.8, 4) is 5.75 Å². The lowest BCUT2D eigenvalue weighted by atomic mass is 10.3. The number of ether oxygens (including phenoxy) is 1. The van der Waals surface area contributed by atoms with Crippen LogP contribution in [0.4, 0.5) is 10.5 Å². The number of nitrogens with zero attached hydrogens (tertiary/aromatic N) is 1. The van der Waals surface area contributed by atoms with Crippen LogP contribution in [0.2, 0.25) is 5.02 Å². The van der Waals surface area contributed by atoms with Crippen molar-refractivity contribution in [2.45, 2.75) is 26.9 Å². The highest BCUT2D eigenvalue weighted by Crippen LogP contribution is 2.24. The van der Waals surface area contributed by atoms with Crippen molar-refractivity contribution in [2.24, 2.45) is 0 Å². The maximum Gasteiger partial charge on any atom is 0.319 e. The monoisotopic (exact) mass is 323 g/mol. The Bertz CT molecular complexity index is 638. The fraction of sp³-hybridized carbons (Fsp3) is 0.333. The molecule has 22 heavy (non-hydrogen) atoms. The second-order valence-corrected chi connectivity index (χ2v) is 5.30. The van der Waals surface area contributed by atoms with Crippen LogP contribution < -0.4 is 15.4 Å². The highest BCUT2D eigenvalue weighted by molar-refractivity contribution is 6.32. The number of anilines is 1. The van der Waals surface area contributed by atoms with Crippen LogP contribution in [0, 0.1) is 13.8 Å². The summed E-state index contributed by atoms with van der Waals surface area (Å²) in [6.45, 7) is 5.67. The van der Waals surface area contributed by atoms with Gasteiger partial charge in [0, 0.05) is 0 Å². The van der Waals surface area contributed by atoms with Crippen LogP contribution in [0.3, 0.4) is 0 Å². The molecule has 2 rings (SSSR count). The lowest BCUT2D eigenvalue weighted by Crippen LogP contribution is -2.36. The molecule has 0 bridgehead atoms. The molecule has 1 heterocycles. The summed E-state index contributed by atoms with van der Waals surface area (Å²) in [5.41, 5.74) is 1.21. The summed E-state index contributed by atoms with van der Waals surface area (Å²) in [5, 5.41) is 9.74. The van der Waals surface area contributed by atoms with E-state index in [4.69, 9.17) is 20.9 Å². The summed E-state index contributed by atoms with van der Waals surface area (Å²) in [4.78, 5) is 11.9. The molecule has 0 saturated carbocycles. The Balaban J connectivity index is 1.82. The van der Waals surface area contributed by atoms with Crippen LogP contribution in [-0.4, -0.2) is 23.8 Å². The van der Waals surface area contributed by atoms with Gasteiger partial charge in [0.15, 0.2) is 5.76 Å². The quantitative estimate of drug-likeness (QED) is 0.882. The molecule has 1 aromatic carbocycles. The minimum atomic E-state index is -0.344. The zero-order chi connectivity index (χ0) is 16.1. The van der Waals surface area contributed by atoms with Crippen molar-refractivity contribution in [1.82, 2.24) is 10.5 Å². The van der Waals surface area contributed by atoms with Gasteiger partial charge in [-0.05, 0) is 32.9 Å². The van der Waals surface area contributed by atoms with Gasteiger partial charge < -0.3 is 19.9 Å². The molecular weight excluding hydrogens is 306 g/mol. The molecule has 0 aliphatic carbocycles. The predicted octanol–water partition coefficient (Wildman–Crippen LogP) is 3.53. The summed E-state index contributed by atoms with van der Waals surface area (Å²) in [6, 6.07) is 6.86. The summed E-state index contributed by atoms with van der Waals surface area (Å²) < 4.78 is 10.7. The summed E-state index contributed by atoms with van der Waals surface area (Å²) in [6.07, 6.45) is -0.227. The van der Waals surface area contributed by atoms with Gasteiger partial charge in [-0.25, -0.2) is 4.79 Å². The molecule has 0 fully saturated rings. The Kier molecular flexibility index (Phi) is 5.27. The van der Waals surface area contributed by atoms with Crippen LogP contribution >= 0.6 is 11.6 Å². The highest BCUT2D eigenvalue weighted by atomic mass is 35.5. The molecule has 0 saturated heterocycles. The van der Waals surface area contributed by atoms with Crippen LogP contribution in [0.1, 0.15) is 18.4 Å². The van der Waals surface area contributed by atoms with Gasteiger partial charge in [-0.15, -0.1) is 0 Å². The Morgan fingerprint density at radius 1 is 1.41 bits per heavy atom. The van der Waals surface area contributed by atoms with E-state index >= 15 is 0 Å². The van der Waals surface area contributed by atoms with Crippen LogP contribution in [0.15, 0.2) is 28.8 Å². The molecule has 2 aromatic rings. The minimum Gasteiger partial charge on any atom is -0.487 e. The van der Waals surface area contributed by atoms with E-state index in [-0.39, 0.29) is 12.1 Å². The van der Waals surface area contributed by atoms with Crippen LogP contribution in [0.5, 0.6) is 5.75 Å². The van der Waals surface area contributed by atoms with E-state index in [1.54, 1.807) is 26.0 Å². The predicted molar refractivity (Wildman–Crippen MR) is 84.5 cm³/mol. The molecule has 0 spiro atoms. The van der Waals surface area contributed by atoms with Gasteiger partial charge in [-0.2, -0.15) is 0 Å². The molecule has 1 aromatic heterocycles. The number of para-hydroxylation sites is 1. The third kappa shape index (κ3) is 4.14. The van der Waals surface area contributed by atoms with Gasteiger partial charge in [0.2, 0.25) is 0 Å². The number of aryl methyl sites for hydroxylation is 2. The molecule has 0 radical (unpaired) electrons. The third-order valence-electron chi connectivity index (χ3n) is 2.99. The molecule has 1 atom stereocenters. The Morgan fingerprint density at radius 2 is 2.14 bits per heavy atom. The van der Waals surface area contributed by atoms with E-state index < -0.39 is 0 Å². The number of urea groups is 1. The Labute approximate surface area is 133 Å². The average molecular weight is 324 g/mol. The van der Waals surface area contributed by atoms with Crippen molar-refractivity contribution in [2.75, 3.05) is 11.9 Å². The Hall–Kier alpha value is -2.21. The number of hydrogen-bond donors (Lipinski definition) is 2.